The summed E-state index contributed by atoms with van der Waals surface area (Å²) in [5.41, 5.74) is 15.2. The van der Waals surface area contributed by atoms with Gasteiger partial charge < -0.3 is 32.0 Å². The van der Waals surface area contributed by atoms with Crippen molar-refractivity contribution in [1.29, 1.82) is 0 Å². The number of imidazole rings is 1. The van der Waals surface area contributed by atoms with Crippen LogP contribution in [0, 0.1) is 0 Å². The fourth-order valence-electron chi connectivity index (χ4n) is 4.30. The van der Waals surface area contributed by atoms with E-state index in [9.17, 15) is 9.59 Å². The topological polar surface area (TPSA) is 155 Å². The average Bonchev–Trinajstić information content (AvgIpc) is 3.39. The Morgan fingerprint density at radius 1 is 0.952 bits per heavy atom. The minimum Gasteiger partial charge on any atom is -0.370 e. The lowest BCUT2D eigenvalue weighted by atomic mass is 10.1. The van der Waals surface area contributed by atoms with Gasteiger partial charge in [-0.05, 0) is 55.0 Å². The van der Waals surface area contributed by atoms with E-state index in [-0.39, 0.29) is 24.2 Å². The Bertz CT molecular complexity index is 1580. The molecule has 10 nitrogen and oxygen atoms in total. The molecule has 0 saturated heterocycles. The van der Waals surface area contributed by atoms with Crippen molar-refractivity contribution >= 4 is 80.7 Å². The molecule has 0 fully saturated rings. The molecule has 0 aliphatic carbocycles. The van der Waals surface area contributed by atoms with E-state index in [2.05, 4.69) is 25.6 Å². The third-order valence-electron chi connectivity index (χ3n) is 6.28. The summed E-state index contributed by atoms with van der Waals surface area (Å²) in [6.07, 6.45) is 0.816. The molecule has 0 spiro atoms. The molecule has 0 aliphatic heterocycles. The summed E-state index contributed by atoms with van der Waals surface area (Å²) in [6, 6.07) is 17.9. The number of nitrogens with one attached hydrogen (secondary N) is 3. The number of aliphatic imine (C=N–C) groups is 1. The molecule has 7 N–H and O–H groups in total. The first-order valence-corrected chi connectivity index (χ1v) is 14.7. The second-order valence-corrected chi connectivity index (χ2v) is 10.5. The van der Waals surface area contributed by atoms with Gasteiger partial charge in [0.2, 0.25) is 5.91 Å². The summed E-state index contributed by atoms with van der Waals surface area (Å²) >= 11 is 18.3. The maximum atomic E-state index is 13.1. The molecule has 0 radical (unpaired) electrons. The number of benzene rings is 3. The van der Waals surface area contributed by atoms with E-state index in [1.165, 1.54) is 0 Å². The highest BCUT2D eigenvalue weighted by atomic mass is 35.5. The molecule has 0 atom stereocenters. The molecule has 2 amide bonds. The van der Waals surface area contributed by atoms with Crippen LogP contribution in [0.1, 0.15) is 23.2 Å². The van der Waals surface area contributed by atoms with Crippen molar-refractivity contribution in [2.24, 2.45) is 16.5 Å². The number of anilines is 3. The lowest BCUT2D eigenvalue weighted by molar-refractivity contribution is -0.116. The fraction of sp³-hybridized carbons (Fsp3) is 0.241. The Balaban J connectivity index is 1.44. The zero-order valence-corrected chi connectivity index (χ0v) is 24.9. The predicted molar refractivity (Wildman–Crippen MR) is 173 cm³/mol. The smallest absolute Gasteiger partial charge is 0.255 e. The molecular weight excluding hydrogens is 599 g/mol. The van der Waals surface area contributed by atoms with Crippen LogP contribution in [0.25, 0.3) is 22.4 Å². The third-order valence-corrected chi connectivity index (χ3v) is 6.92. The van der Waals surface area contributed by atoms with Crippen molar-refractivity contribution < 1.29 is 9.59 Å². The highest BCUT2D eigenvalue weighted by Crippen LogP contribution is 2.30. The Hall–Kier alpha value is -3.99. The van der Waals surface area contributed by atoms with Gasteiger partial charge in [0.05, 0.1) is 21.7 Å². The maximum absolute atomic E-state index is 13.1. The summed E-state index contributed by atoms with van der Waals surface area (Å²) < 4.78 is 0. The van der Waals surface area contributed by atoms with E-state index in [4.69, 9.17) is 46.3 Å². The van der Waals surface area contributed by atoms with Gasteiger partial charge in [-0.1, -0.05) is 23.7 Å². The Morgan fingerprint density at radius 3 is 2.43 bits per heavy atom. The van der Waals surface area contributed by atoms with E-state index in [0.717, 1.165) is 11.3 Å². The van der Waals surface area contributed by atoms with Gasteiger partial charge >= 0.3 is 0 Å². The normalized spacial score (nSPS) is 10.8. The number of nitrogens with zero attached hydrogens (tertiary/aromatic N) is 3. The van der Waals surface area contributed by atoms with Gasteiger partial charge in [-0.2, -0.15) is 0 Å². The van der Waals surface area contributed by atoms with Gasteiger partial charge in [0, 0.05) is 60.3 Å². The molecule has 0 aliphatic rings. The Labute approximate surface area is 258 Å². The van der Waals surface area contributed by atoms with E-state index < -0.39 is 0 Å². The number of fused-ring (bicyclic) bond motifs is 1. The fourth-order valence-corrected chi connectivity index (χ4v) is 5.01. The number of halogens is 3. The number of aromatic amines is 1. The molecule has 1 heterocycles. The number of aromatic nitrogens is 2. The number of H-pyrrole nitrogens is 1. The Morgan fingerprint density at radius 2 is 1.71 bits per heavy atom. The lowest BCUT2D eigenvalue weighted by Gasteiger charge is -2.24. The largest absolute Gasteiger partial charge is 0.370 e. The minimum atomic E-state index is -0.292. The number of carbonyl (C=O) groups excluding carboxylic acids is 2. The van der Waals surface area contributed by atoms with Crippen molar-refractivity contribution in [2.45, 2.75) is 12.8 Å². The van der Waals surface area contributed by atoms with Crippen LogP contribution in [0.4, 0.5) is 17.1 Å². The number of alkyl halides is 2. The quantitative estimate of drug-likeness (QED) is 0.0576. The number of rotatable bonds is 13. The van der Waals surface area contributed by atoms with E-state index in [1.807, 2.05) is 29.2 Å². The summed E-state index contributed by atoms with van der Waals surface area (Å²) in [4.78, 5) is 39.1. The van der Waals surface area contributed by atoms with Crippen LogP contribution in [0.5, 0.6) is 0 Å². The molecular formula is C29H31Cl3N8O2. The standard InChI is InChI=1S/C29H31Cl3N8O2/c30-10-13-40(14-11-31)25-9-7-21(17-22(25)32)37-28(42)19-6-8-23-24(16-19)39-27(38-23)18-3-1-4-20(15-18)36-26(41)5-2-12-35-29(33)34/h1,3-4,6-9,15-17H,2,5,10-14H2,(H,36,41)(H,37,42)(H,38,39)(H4,33,34,35). The molecule has 4 aromatic rings. The van der Waals surface area contributed by atoms with Gasteiger partial charge in [-0.3, -0.25) is 14.6 Å². The first-order chi connectivity index (χ1) is 20.3. The second kappa shape index (κ2) is 14.8. The van der Waals surface area contributed by atoms with Gasteiger partial charge in [-0.25, -0.2) is 4.98 Å². The summed E-state index contributed by atoms with van der Waals surface area (Å²) in [5, 5.41) is 6.26. The van der Waals surface area contributed by atoms with E-state index in [1.54, 1.807) is 36.4 Å². The summed E-state index contributed by atoms with van der Waals surface area (Å²) in [5.74, 6) is 1.05. The van der Waals surface area contributed by atoms with Crippen LogP contribution >= 0.6 is 34.8 Å². The van der Waals surface area contributed by atoms with Gasteiger partial charge in [0.1, 0.15) is 5.82 Å². The molecule has 0 bridgehead atoms. The van der Waals surface area contributed by atoms with Gasteiger partial charge in [-0.15, -0.1) is 23.2 Å². The maximum Gasteiger partial charge on any atom is 0.255 e. The summed E-state index contributed by atoms with van der Waals surface area (Å²) in [6.45, 7) is 1.59. The van der Waals surface area contributed by atoms with E-state index in [0.29, 0.717) is 76.6 Å². The number of hydrogen-bond acceptors (Lipinski definition) is 5. The summed E-state index contributed by atoms with van der Waals surface area (Å²) in [7, 11) is 0. The van der Waals surface area contributed by atoms with Crippen molar-refractivity contribution in [3.63, 3.8) is 0 Å². The minimum absolute atomic E-state index is 0.00531. The number of hydrogen-bond donors (Lipinski definition) is 5. The van der Waals surface area contributed by atoms with E-state index >= 15 is 0 Å². The third kappa shape index (κ3) is 8.28. The van der Waals surface area contributed by atoms with Crippen LogP contribution in [0.2, 0.25) is 5.02 Å². The van der Waals surface area contributed by atoms with Gasteiger partial charge in [0.15, 0.2) is 5.96 Å². The van der Waals surface area contributed by atoms with Crippen LogP contribution in [0.15, 0.2) is 65.7 Å². The zero-order chi connectivity index (χ0) is 30.1. The number of nitrogens with two attached hydrogens (primary N) is 2. The average molecular weight is 630 g/mol. The van der Waals surface area contributed by atoms with Gasteiger partial charge in [0.25, 0.3) is 5.91 Å². The zero-order valence-electron chi connectivity index (χ0n) is 22.7. The monoisotopic (exact) mass is 628 g/mol. The van der Waals surface area contributed by atoms with Crippen LogP contribution in [0.3, 0.4) is 0 Å². The molecule has 3 aromatic carbocycles. The molecule has 4 rings (SSSR count). The number of carbonyl (C=O) groups is 2. The molecule has 0 unspecified atom stereocenters. The highest BCUT2D eigenvalue weighted by molar-refractivity contribution is 6.33. The molecule has 220 valence electrons. The van der Waals surface area contributed by atoms with Crippen molar-refractivity contribution in [3.05, 3.63) is 71.2 Å². The van der Waals surface area contributed by atoms with Crippen molar-refractivity contribution in [2.75, 3.05) is 46.9 Å². The first-order valence-electron chi connectivity index (χ1n) is 13.2. The lowest BCUT2D eigenvalue weighted by Crippen LogP contribution is -2.27. The predicted octanol–water partition coefficient (Wildman–Crippen LogP) is 5.41. The number of amides is 2. The molecule has 42 heavy (non-hydrogen) atoms. The molecule has 13 heteroatoms. The first kappa shape index (κ1) is 31.0. The second-order valence-electron chi connectivity index (χ2n) is 9.34. The highest BCUT2D eigenvalue weighted by Gasteiger charge is 2.14. The number of guanidine groups is 1. The van der Waals surface area contributed by atoms with Crippen molar-refractivity contribution in [1.82, 2.24) is 9.97 Å². The molecule has 0 saturated carbocycles. The van der Waals surface area contributed by atoms with Crippen LogP contribution < -0.4 is 27.0 Å². The van der Waals surface area contributed by atoms with Crippen LogP contribution in [-0.2, 0) is 4.79 Å². The Kier molecular flexibility index (Phi) is 10.9. The van der Waals surface area contributed by atoms with Crippen LogP contribution in [-0.4, -0.2) is 59.1 Å². The molecule has 1 aromatic heterocycles. The SMILES string of the molecule is NC(N)=NCCCC(=O)Nc1cccc(-c2nc3ccc(C(=O)Nc4ccc(N(CCCl)CCCl)c(Cl)c4)cc3[nH]2)c1. The van der Waals surface area contributed by atoms with Crippen molar-refractivity contribution in [3.8, 4) is 11.4 Å².